The predicted molar refractivity (Wildman–Crippen MR) is 93.5 cm³/mol. The summed E-state index contributed by atoms with van der Waals surface area (Å²) in [4.78, 5) is 24.9. The molecule has 2 aromatic carbocycles. The van der Waals surface area contributed by atoms with Gasteiger partial charge in [0.2, 0.25) is 11.8 Å². The van der Waals surface area contributed by atoms with Crippen molar-refractivity contribution in [2.24, 2.45) is 0 Å². The minimum Gasteiger partial charge on any atom is -0.326 e. The number of hydrogen-bond donors (Lipinski definition) is 1. The molecule has 2 aromatic rings. The van der Waals surface area contributed by atoms with Gasteiger partial charge in [-0.1, -0.05) is 18.2 Å². The Morgan fingerprint density at radius 2 is 1.62 bits per heavy atom. The van der Waals surface area contributed by atoms with Crippen LogP contribution in [0.1, 0.15) is 24.5 Å². The Labute approximate surface area is 149 Å². The van der Waals surface area contributed by atoms with Crippen molar-refractivity contribution in [2.75, 3.05) is 16.8 Å². The van der Waals surface area contributed by atoms with Crippen molar-refractivity contribution in [3.63, 3.8) is 0 Å². The lowest BCUT2D eigenvalue weighted by molar-refractivity contribution is -0.117. The standard InChI is InChI=1S/C19H19F3N2O2/c1-11-5-4-6-12(2)19(11)23-16(26)9-10-24(13(3)25)15-8-7-14(20)17(21)18(15)22/h4-8H,9-10H2,1-3H3,(H,23,26). The number of amides is 2. The van der Waals surface area contributed by atoms with Gasteiger partial charge in [0, 0.05) is 25.6 Å². The average Bonchev–Trinajstić information content (AvgIpc) is 2.58. The third-order valence-electron chi connectivity index (χ3n) is 3.99. The predicted octanol–water partition coefficient (Wildman–Crippen LogP) is 4.10. The van der Waals surface area contributed by atoms with Gasteiger partial charge in [0.25, 0.3) is 0 Å². The van der Waals surface area contributed by atoms with Crippen LogP contribution in [0.3, 0.4) is 0 Å². The first-order valence-corrected chi connectivity index (χ1v) is 8.00. The molecule has 0 fully saturated rings. The quantitative estimate of drug-likeness (QED) is 0.812. The summed E-state index contributed by atoms with van der Waals surface area (Å²) >= 11 is 0. The van der Waals surface area contributed by atoms with Crippen LogP contribution in [-0.2, 0) is 9.59 Å². The summed E-state index contributed by atoms with van der Waals surface area (Å²) in [5.74, 6) is -5.43. The van der Waals surface area contributed by atoms with E-state index >= 15 is 0 Å². The van der Waals surface area contributed by atoms with Crippen LogP contribution in [0, 0.1) is 31.3 Å². The van der Waals surface area contributed by atoms with Crippen LogP contribution < -0.4 is 10.2 Å². The van der Waals surface area contributed by atoms with E-state index in [1.165, 1.54) is 0 Å². The number of para-hydroxylation sites is 1. The van der Waals surface area contributed by atoms with E-state index < -0.39 is 29.0 Å². The lowest BCUT2D eigenvalue weighted by atomic mass is 10.1. The van der Waals surface area contributed by atoms with Crippen molar-refractivity contribution < 1.29 is 22.8 Å². The summed E-state index contributed by atoms with van der Waals surface area (Å²) in [6, 6.07) is 7.27. The highest BCUT2D eigenvalue weighted by Crippen LogP contribution is 2.24. The molecule has 0 saturated carbocycles. The summed E-state index contributed by atoms with van der Waals surface area (Å²) in [7, 11) is 0. The number of aryl methyl sites for hydroxylation is 2. The third kappa shape index (κ3) is 4.22. The maximum absolute atomic E-state index is 13.9. The van der Waals surface area contributed by atoms with E-state index in [2.05, 4.69) is 5.32 Å². The van der Waals surface area contributed by atoms with Gasteiger partial charge >= 0.3 is 0 Å². The first-order chi connectivity index (χ1) is 12.2. The number of hydrogen-bond acceptors (Lipinski definition) is 2. The van der Waals surface area contributed by atoms with Crippen LogP contribution in [0.2, 0.25) is 0 Å². The van der Waals surface area contributed by atoms with Gasteiger partial charge in [-0.3, -0.25) is 9.59 Å². The van der Waals surface area contributed by atoms with Gasteiger partial charge < -0.3 is 10.2 Å². The zero-order valence-electron chi connectivity index (χ0n) is 14.7. The molecule has 0 radical (unpaired) electrons. The molecule has 0 aliphatic rings. The molecule has 2 rings (SSSR count). The number of halogens is 3. The molecular weight excluding hydrogens is 345 g/mol. The smallest absolute Gasteiger partial charge is 0.226 e. The Morgan fingerprint density at radius 3 is 2.19 bits per heavy atom. The molecule has 1 N–H and O–H groups in total. The van der Waals surface area contributed by atoms with E-state index in [0.717, 1.165) is 35.1 Å². The first kappa shape index (κ1) is 19.5. The van der Waals surface area contributed by atoms with Gasteiger partial charge in [0.05, 0.1) is 5.69 Å². The van der Waals surface area contributed by atoms with Crippen molar-refractivity contribution in [1.29, 1.82) is 0 Å². The van der Waals surface area contributed by atoms with Crippen LogP contribution in [-0.4, -0.2) is 18.4 Å². The maximum Gasteiger partial charge on any atom is 0.226 e. The van der Waals surface area contributed by atoms with E-state index in [9.17, 15) is 22.8 Å². The molecule has 0 spiro atoms. The molecule has 7 heteroatoms. The number of anilines is 2. The highest BCUT2D eigenvalue weighted by molar-refractivity contribution is 5.95. The highest BCUT2D eigenvalue weighted by Gasteiger charge is 2.21. The van der Waals surface area contributed by atoms with Crippen molar-refractivity contribution in [2.45, 2.75) is 27.2 Å². The van der Waals surface area contributed by atoms with Gasteiger partial charge in [0.15, 0.2) is 17.5 Å². The van der Waals surface area contributed by atoms with E-state index in [0.29, 0.717) is 5.69 Å². The summed E-state index contributed by atoms with van der Waals surface area (Å²) in [5.41, 5.74) is 2.03. The van der Waals surface area contributed by atoms with Gasteiger partial charge in [-0.15, -0.1) is 0 Å². The Balaban J connectivity index is 2.13. The Kier molecular flexibility index (Phi) is 6.02. The molecule has 0 aliphatic heterocycles. The lowest BCUT2D eigenvalue weighted by Crippen LogP contribution is -2.33. The molecule has 0 unspecified atom stereocenters. The van der Waals surface area contributed by atoms with Crippen molar-refractivity contribution >= 4 is 23.2 Å². The van der Waals surface area contributed by atoms with Crippen LogP contribution in [0.4, 0.5) is 24.5 Å². The molecule has 0 aromatic heterocycles. The largest absolute Gasteiger partial charge is 0.326 e. The second-order valence-electron chi connectivity index (χ2n) is 5.93. The number of carbonyl (C=O) groups excluding carboxylic acids is 2. The van der Waals surface area contributed by atoms with Crippen molar-refractivity contribution in [3.05, 3.63) is 58.9 Å². The van der Waals surface area contributed by atoms with Gasteiger partial charge in [-0.25, -0.2) is 13.2 Å². The van der Waals surface area contributed by atoms with E-state index in [1.807, 2.05) is 32.0 Å². The Hall–Kier alpha value is -2.83. The fourth-order valence-corrected chi connectivity index (χ4v) is 2.60. The topological polar surface area (TPSA) is 49.4 Å². The fourth-order valence-electron chi connectivity index (χ4n) is 2.60. The Morgan fingerprint density at radius 1 is 1.00 bits per heavy atom. The van der Waals surface area contributed by atoms with Crippen LogP contribution >= 0.6 is 0 Å². The molecule has 0 bridgehead atoms. The van der Waals surface area contributed by atoms with Gasteiger partial charge in [0.1, 0.15) is 0 Å². The second-order valence-corrected chi connectivity index (χ2v) is 5.93. The molecule has 0 atom stereocenters. The van der Waals surface area contributed by atoms with Gasteiger partial charge in [-0.2, -0.15) is 0 Å². The molecular formula is C19H19F3N2O2. The van der Waals surface area contributed by atoms with Gasteiger partial charge in [-0.05, 0) is 37.1 Å². The fraction of sp³-hybridized carbons (Fsp3) is 0.263. The average molecular weight is 364 g/mol. The summed E-state index contributed by atoms with van der Waals surface area (Å²) in [6.45, 7) is 4.68. The van der Waals surface area contributed by atoms with E-state index in [-0.39, 0.29) is 18.9 Å². The zero-order chi connectivity index (χ0) is 19.4. The molecule has 2 amide bonds. The Bertz CT molecular complexity index is 833. The minimum atomic E-state index is -1.66. The molecule has 0 heterocycles. The van der Waals surface area contributed by atoms with Crippen molar-refractivity contribution in [3.8, 4) is 0 Å². The number of nitrogens with zero attached hydrogens (tertiary/aromatic N) is 1. The number of rotatable bonds is 5. The molecule has 4 nitrogen and oxygen atoms in total. The molecule has 0 saturated heterocycles. The van der Waals surface area contributed by atoms with Crippen LogP contribution in [0.25, 0.3) is 0 Å². The number of carbonyl (C=O) groups is 2. The third-order valence-corrected chi connectivity index (χ3v) is 3.99. The maximum atomic E-state index is 13.9. The number of nitrogens with one attached hydrogen (secondary N) is 1. The number of benzene rings is 2. The monoisotopic (exact) mass is 364 g/mol. The summed E-state index contributed by atoms with van der Waals surface area (Å²) in [6.07, 6.45) is -0.133. The zero-order valence-corrected chi connectivity index (χ0v) is 14.7. The first-order valence-electron chi connectivity index (χ1n) is 8.00. The van der Waals surface area contributed by atoms with E-state index in [4.69, 9.17) is 0 Å². The normalized spacial score (nSPS) is 10.5. The lowest BCUT2D eigenvalue weighted by Gasteiger charge is -2.22. The summed E-state index contributed by atoms with van der Waals surface area (Å²) in [5, 5.41) is 2.75. The van der Waals surface area contributed by atoms with Crippen LogP contribution in [0.15, 0.2) is 30.3 Å². The van der Waals surface area contributed by atoms with Crippen molar-refractivity contribution in [1.82, 2.24) is 0 Å². The SMILES string of the molecule is CC(=O)N(CCC(=O)Nc1c(C)cccc1C)c1ccc(F)c(F)c1F. The summed E-state index contributed by atoms with van der Waals surface area (Å²) < 4.78 is 40.4. The molecule has 138 valence electrons. The minimum absolute atomic E-state index is 0.133. The highest BCUT2D eigenvalue weighted by atomic mass is 19.2. The molecule has 0 aliphatic carbocycles. The second kappa shape index (κ2) is 8.03. The molecule has 26 heavy (non-hydrogen) atoms. The van der Waals surface area contributed by atoms with E-state index in [1.54, 1.807) is 0 Å². The van der Waals surface area contributed by atoms with Crippen LogP contribution in [0.5, 0.6) is 0 Å².